The zero-order valence-electron chi connectivity index (χ0n) is 22.6. The average Bonchev–Trinajstić information content (AvgIpc) is 2.79. The summed E-state index contributed by atoms with van der Waals surface area (Å²) in [6, 6.07) is 0. The molecule has 0 aliphatic heterocycles. The lowest BCUT2D eigenvalue weighted by Gasteiger charge is -2.71. The van der Waals surface area contributed by atoms with Gasteiger partial charge in [-0.05, 0) is 91.9 Å². The quantitative estimate of drug-likeness (QED) is 0.366. The van der Waals surface area contributed by atoms with Crippen molar-refractivity contribution in [3.05, 3.63) is 23.8 Å². The van der Waals surface area contributed by atoms with Gasteiger partial charge < -0.3 is 20.1 Å². The van der Waals surface area contributed by atoms with Crippen LogP contribution >= 0.6 is 0 Å². The third-order valence-electron chi connectivity index (χ3n) is 12.7. The third-order valence-corrected chi connectivity index (χ3v) is 12.7. The van der Waals surface area contributed by atoms with E-state index < -0.39 is 23.2 Å². The van der Waals surface area contributed by atoms with Crippen LogP contribution < -0.4 is 0 Å². The molecule has 5 aliphatic carbocycles. The van der Waals surface area contributed by atoms with E-state index in [1.165, 1.54) is 12.7 Å². The molecule has 0 bridgehead atoms. The maximum Gasteiger partial charge on any atom is 0.312 e. The Balaban J connectivity index is 1.66. The predicted molar refractivity (Wildman–Crippen MR) is 135 cm³/mol. The zero-order valence-corrected chi connectivity index (χ0v) is 22.6. The van der Waals surface area contributed by atoms with Crippen molar-refractivity contribution < 1.29 is 24.9 Å². The number of hydrogen-bond donors (Lipinski definition) is 3. The Morgan fingerprint density at radius 3 is 2.43 bits per heavy atom. The minimum atomic E-state index is -1.01. The third kappa shape index (κ3) is 2.95. The Hall–Kier alpha value is -1.17. The summed E-state index contributed by atoms with van der Waals surface area (Å²) < 4.78 is 5.40. The number of esters is 1. The lowest BCUT2D eigenvalue weighted by atomic mass is 9.34. The molecule has 5 nitrogen and oxygen atoms in total. The topological polar surface area (TPSA) is 87.0 Å². The number of rotatable bonds is 1. The molecule has 0 heterocycles. The summed E-state index contributed by atoms with van der Waals surface area (Å²) in [5.41, 5.74) is -0.269. The average molecular weight is 487 g/mol. The first-order valence-corrected chi connectivity index (χ1v) is 13.8. The second kappa shape index (κ2) is 7.68. The Kier molecular flexibility index (Phi) is 5.59. The van der Waals surface area contributed by atoms with E-state index in [2.05, 4.69) is 40.3 Å². The van der Waals surface area contributed by atoms with Crippen molar-refractivity contribution in [1.82, 2.24) is 0 Å². The number of methoxy groups -OCH3 is 1. The van der Waals surface area contributed by atoms with Crippen molar-refractivity contribution in [3.63, 3.8) is 0 Å². The van der Waals surface area contributed by atoms with E-state index in [-0.39, 0.29) is 40.0 Å². The number of fused-ring (bicyclic) bond motifs is 7. The minimum Gasteiger partial charge on any atom is -0.469 e. The van der Waals surface area contributed by atoms with Crippen LogP contribution in [0.3, 0.4) is 0 Å². The molecule has 0 aromatic rings. The zero-order chi connectivity index (χ0) is 25.8. The lowest BCUT2D eigenvalue weighted by molar-refractivity contribution is -0.212. The molecular weight excluding hydrogens is 440 g/mol. The fraction of sp³-hybridized carbons (Fsp3) is 0.833. The van der Waals surface area contributed by atoms with Gasteiger partial charge in [-0.25, -0.2) is 0 Å². The standard InChI is InChI=1S/C30H46O5/c1-17-10-13-30(25(33)35-7)15-14-27(4)19(24(30)29(17,6)34)8-9-22-26(3)12-11-20(31)18(2)23(26)21(32)16-28(22,27)5/h8,17,20-24,31-32,34H,2,9-16H2,1,3-7H3/t17-,20+,21-,22-,23+,24-,26-,27-,28-,29-,30+/m1/s1. The number of carbonyl (C=O) groups is 1. The maximum atomic E-state index is 13.4. The van der Waals surface area contributed by atoms with Gasteiger partial charge in [-0.1, -0.05) is 45.9 Å². The highest BCUT2D eigenvalue weighted by atomic mass is 16.5. The van der Waals surface area contributed by atoms with Crippen LogP contribution in [0.15, 0.2) is 23.8 Å². The van der Waals surface area contributed by atoms with E-state index in [1.54, 1.807) is 0 Å². The van der Waals surface area contributed by atoms with Gasteiger partial charge in [0.1, 0.15) is 0 Å². The van der Waals surface area contributed by atoms with Crippen molar-refractivity contribution >= 4 is 5.97 Å². The first-order valence-electron chi connectivity index (χ1n) is 13.8. The van der Waals surface area contributed by atoms with Crippen LogP contribution in [-0.2, 0) is 9.53 Å². The molecule has 0 amide bonds. The van der Waals surface area contributed by atoms with Gasteiger partial charge in [0.25, 0.3) is 0 Å². The number of aliphatic hydroxyl groups is 3. The molecule has 0 aromatic carbocycles. The van der Waals surface area contributed by atoms with Gasteiger partial charge in [-0.15, -0.1) is 0 Å². The molecule has 4 saturated carbocycles. The van der Waals surface area contributed by atoms with Crippen LogP contribution in [0.2, 0.25) is 0 Å². The maximum absolute atomic E-state index is 13.4. The molecule has 0 radical (unpaired) electrons. The Bertz CT molecular complexity index is 968. The SMILES string of the molecule is C=C1[C@@H](O)CC[C@]2(C)[C@H]3CC=C4[C@H]5[C@](C(=O)OC)(CC[C@@H](C)[C@@]5(C)O)CC[C@@]4(C)[C@]3(C)C[C@@H](O)[C@H]12. The second-order valence-corrected chi connectivity index (χ2v) is 13.8. The van der Waals surface area contributed by atoms with Crippen LogP contribution in [0.1, 0.15) is 86.0 Å². The van der Waals surface area contributed by atoms with Crippen LogP contribution in [0.4, 0.5) is 0 Å². The Morgan fingerprint density at radius 2 is 1.77 bits per heavy atom. The van der Waals surface area contributed by atoms with E-state index in [4.69, 9.17) is 4.74 Å². The molecule has 0 unspecified atom stereocenters. The molecule has 0 aromatic heterocycles. The second-order valence-electron chi connectivity index (χ2n) is 13.8. The van der Waals surface area contributed by atoms with Crippen LogP contribution in [0, 0.1) is 45.3 Å². The van der Waals surface area contributed by atoms with Gasteiger partial charge in [0.15, 0.2) is 0 Å². The number of carbonyl (C=O) groups excluding carboxylic acids is 1. The van der Waals surface area contributed by atoms with Gasteiger partial charge in [-0.3, -0.25) is 4.79 Å². The number of hydrogen-bond acceptors (Lipinski definition) is 5. The smallest absolute Gasteiger partial charge is 0.312 e. The van der Waals surface area contributed by atoms with E-state index in [0.29, 0.717) is 25.2 Å². The summed E-state index contributed by atoms with van der Waals surface area (Å²) in [5.74, 6) is -0.149. The molecule has 3 N–H and O–H groups in total. The highest BCUT2D eigenvalue weighted by Crippen LogP contribution is 2.75. The van der Waals surface area contributed by atoms with Crippen molar-refractivity contribution in [1.29, 1.82) is 0 Å². The van der Waals surface area contributed by atoms with Crippen molar-refractivity contribution in [2.24, 2.45) is 45.3 Å². The van der Waals surface area contributed by atoms with E-state index >= 15 is 0 Å². The first-order chi connectivity index (χ1) is 16.2. The molecule has 35 heavy (non-hydrogen) atoms. The molecule has 0 saturated heterocycles. The number of aliphatic hydroxyl groups excluding tert-OH is 2. The summed E-state index contributed by atoms with van der Waals surface area (Å²) in [5, 5.41) is 34.2. The van der Waals surface area contributed by atoms with Crippen LogP contribution in [0.25, 0.3) is 0 Å². The minimum absolute atomic E-state index is 0.0843. The monoisotopic (exact) mass is 486 g/mol. The fourth-order valence-corrected chi connectivity index (χ4v) is 10.4. The normalized spacial score (nSPS) is 55.6. The van der Waals surface area contributed by atoms with Crippen molar-refractivity contribution in [2.75, 3.05) is 7.11 Å². The van der Waals surface area contributed by atoms with Gasteiger partial charge in [0.05, 0.1) is 30.3 Å². The highest BCUT2D eigenvalue weighted by molar-refractivity contribution is 5.79. The fourth-order valence-electron chi connectivity index (χ4n) is 10.4. The summed E-state index contributed by atoms with van der Waals surface area (Å²) in [6.07, 6.45) is 7.45. The van der Waals surface area contributed by atoms with Gasteiger partial charge in [0.2, 0.25) is 0 Å². The van der Waals surface area contributed by atoms with Gasteiger partial charge in [-0.2, -0.15) is 0 Å². The van der Waals surface area contributed by atoms with E-state index in [1.807, 2.05) is 6.92 Å². The summed E-state index contributed by atoms with van der Waals surface area (Å²) in [4.78, 5) is 13.4. The molecule has 196 valence electrons. The van der Waals surface area contributed by atoms with Crippen LogP contribution in [-0.4, -0.2) is 46.2 Å². The Morgan fingerprint density at radius 1 is 1.09 bits per heavy atom. The summed E-state index contributed by atoms with van der Waals surface area (Å²) in [7, 11) is 1.48. The summed E-state index contributed by atoms with van der Waals surface area (Å²) in [6.45, 7) is 15.3. The lowest BCUT2D eigenvalue weighted by Crippen LogP contribution is -2.68. The molecule has 5 aliphatic rings. The molecule has 0 spiro atoms. The van der Waals surface area contributed by atoms with Gasteiger partial charge in [0, 0.05) is 11.8 Å². The number of ether oxygens (including phenoxy) is 1. The molecule has 11 atom stereocenters. The van der Waals surface area contributed by atoms with Crippen molar-refractivity contribution in [3.8, 4) is 0 Å². The Labute approximate surface area is 211 Å². The van der Waals surface area contributed by atoms with Gasteiger partial charge >= 0.3 is 5.97 Å². The summed E-state index contributed by atoms with van der Waals surface area (Å²) >= 11 is 0. The first kappa shape index (κ1) is 25.5. The molecule has 5 heteroatoms. The molecule has 4 fully saturated rings. The largest absolute Gasteiger partial charge is 0.469 e. The molecule has 5 rings (SSSR count). The molecular formula is C30H46O5. The van der Waals surface area contributed by atoms with Crippen molar-refractivity contribution in [2.45, 2.75) is 104 Å². The number of allylic oxidation sites excluding steroid dienone is 1. The highest BCUT2D eigenvalue weighted by Gasteiger charge is 2.71. The van der Waals surface area contributed by atoms with E-state index in [0.717, 1.165) is 37.7 Å². The van der Waals surface area contributed by atoms with Crippen LogP contribution in [0.5, 0.6) is 0 Å². The van der Waals surface area contributed by atoms with E-state index in [9.17, 15) is 20.1 Å². The predicted octanol–water partition coefficient (Wildman–Crippen LogP) is 4.79.